The molecular formula is C10H16N2O3S. The Hall–Kier alpha value is -1.11. The summed E-state index contributed by atoms with van der Waals surface area (Å²) in [5.41, 5.74) is 3.22. The van der Waals surface area contributed by atoms with Gasteiger partial charge in [0.15, 0.2) is 0 Å². The highest BCUT2D eigenvalue weighted by Gasteiger charge is 2.19. The topological polar surface area (TPSA) is 81.4 Å². The van der Waals surface area contributed by atoms with Crippen molar-refractivity contribution < 1.29 is 13.2 Å². The third-order valence-electron chi connectivity index (χ3n) is 2.18. The van der Waals surface area contributed by atoms with E-state index in [1.807, 2.05) is 12.1 Å². The lowest BCUT2D eigenvalue weighted by Crippen LogP contribution is -2.33. The predicted octanol–water partition coefficient (Wildman–Crippen LogP) is 0.244. The maximum absolute atomic E-state index is 11.2. The van der Waals surface area contributed by atoms with E-state index in [1.54, 1.807) is 12.1 Å². The molecule has 90 valence electrons. The zero-order valence-electron chi connectivity index (χ0n) is 9.30. The summed E-state index contributed by atoms with van der Waals surface area (Å²) in [5, 5.41) is 0. The van der Waals surface area contributed by atoms with E-state index >= 15 is 0 Å². The number of hydrogen-bond acceptors (Lipinski definition) is 5. The lowest BCUT2D eigenvalue weighted by atomic mass is 10.1. The average Bonchev–Trinajstić information content (AvgIpc) is 2.24. The molecule has 0 aliphatic rings. The molecular weight excluding hydrogens is 228 g/mol. The summed E-state index contributed by atoms with van der Waals surface area (Å²) in [6.07, 6.45) is 1.17. The third kappa shape index (κ3) is 3.48. The van der Waals surface area contributed by atoms with Gasteiger partial charge in [-0.05, 0) is 6.07 Å². The van der Waals surface area contributed by atoms with Crippen molar-refractivity contribution in [2.24, 2.45) is 5.84 Å². The van der Waals surface area contributed by atoms with Crippen LogP contribution in [0.25, 0.3) is 0 Å². The molecule has 6 heteroatoms. The molecule has 0 saturated carbocycles. The molecule has 0 aromatic heterocycles. The Labute approximate surface area is 95.5 Å². The van der Waals surface area contributed by atoms with Gasteiger partial charge in [0, 0.05) is 11.8 Å². The van der Waals surface area contributed by atoms with Crippen LogP contribution >= 0.6 is 0 Å². The van der Waals surface area contributed by atoms with E-state index in [0.29, 0.717) is 5.75 Å². The minimum atomic E-state index is -3.11. The molecule has 0 heterocycles. The second-order valence-corrected chi connectivity index (χ2v) is 5.74. The number of nitrogens with two attached hydrogens (primary N) is 1. The molecule has 1 atom stereocenters. The van der Waals surface area contributed by atoms with Gasteiger partial charge in [0.05, 0.1) is 18.9 Å². The van der Waals surface area contributed by atoms with Gasteiger partial charge in [-0.15, -0.1) is 0 Å². The lowest BCUT2D eigenvalue weighted by molar-refractivity contribution is 0.402. The van der Waals surface area contributed by atoms with Crippen molar-refractivity contribution in [2.75, 3.05) is 19.1 Å². The SMILES string of the molecule is COc1ccccc1C(CS(C)(=O)=O)NN. The number of benzene rings is 1. The summed E-state index contributed by atoms with van der Waals surface area (Å²) in [7, 11) is -1.57. The number of ether oxygens (including phenoxy) is 1. The summed E-state index contributed by atoms with van der Waals surface area (Å²) in [5.74, 6) is 5.92. The van der Waals surface area contributed by atoms with Crippen molar-refractivity contribution in [2.45, 2.75) is 6.04 Å². The van der Waals surface area contributed by atoms with E-state index in [0.717, 1.165) is 5.56 Å². The van der Waals surface area contributed by atoms with Crippen LogP contribution < -0.4 is 16.0 Å². The number of hydrogen-bond donors (Lipinski definition) is 2. The van der Waals surface area contributed by atoms with Crippen LogP contribution in [-0.2, 0) is 9.84 Å². The van der Waals surface area contributed by atoms with Gasteiger partial charge in [-0.3, -0.25) is 11.3 Å². The number of nitrogens with one attached hydrogen (secondary N) is 1. The Morgan fingerprint density at radius 2 is 2.06 bits per heavy atom. The molecule has 0 bridgehead atoms. The first-order valence-corrected chi connectivity index (χ1v) is 6.80. The Balaban J connectivity index is 3.03. The molecule has 5 nitrogen and oxygen atoms in total. The van der Waals surface area contributed by atoms with Gasteiger partial charge in [-0.2, -0.15) is 0 Å². The Kier molecular flexibility index (Phi) is 4.28. The van der Waals surface area contributed by atoms with E-state index in [9.17, 15) is 8.42 Å². The molecule has 0 aliphatic carbocycles. The normalized spacial score (nSPS) is 13.4. The summed E-state index contributed by atoms with van der Waals surface area (Å²) in [6, 6.07) is 6.71. The van der Waals surface area contributed by atoms with E-state index in [4.69, 9.17) is 10.6 Å². The highest BCUT2D eigenvalue weighted by Crippen LogP contribution is 2.24. The van der Waals surface area contributed by atoms with Crippen LogP contribution in [0.4, 0.5) is 0 Å². The van der Waals surface area contributed by atoms with Crippen LogP contribution in [0.15, 0.2) is 24.3 Å². The fourth-order valence-electron chi connectivity index (χ4n) is 1.48. The lowest BCUT2D eigenvalue weighted by Gasteiger charge is -2.17. The zero-order valence-corrected chi connectivity index (χ0v) is 10.1. The molecule has 0 aliphatic heterocycles. The fourth-order valence-corrected chi connectivity index (χ4v) is 2.37. The van der Waals surface area contributed by atoms with E-state index in [-0.39, 0.29) is 5.75 Å². The van der Waals surface area contributed by atoms with Gasteiger partial charge in [0.2, 0.25) is 0 Å². The van der Waals surface area contributed by atoms with Crippen molar-refractivity contribution >= 4 is 9.84 Å². The predicted molar refractivity (Wildman–Crippen MR) is 62.8 cm³/mol. The molecule has 3 N–H and O–H groups in total. The Morgan fingerprint density at radius 3 is 2.56 bits per heavy atom. The maximum atomic E-state index is 11.2. The number of para-hydroxylation sites is 1. The van der Waals surface area contributed by atoms with E-state index in [2.05, 4.69) is 5.43 Å². The van der Waals surface area contributed by atoms with Gasteiger partial charge in [0.1, 0.15) is 15.6 Å². The van der Waals surface area contributed by atoms with Crippen molar-refractivity contribution in [3.8, 4) is 5.75 Å². The van der Waals surface area contributed by atoms with Gasteiger partial charge in [-0.25, -0.2) is 8.42 Å². The van der Waals surface area contributed by atoms with Crippen LogP contribution in [0.3, 0.4) is 0 Å². The monoisotopic (exact) mass is 244 g/mol. The summed E-state index contributed by atoms with van der Waals surface area (Å²) in [6.45, 7) is 0. The smallest absolute Gasteiger partial charge is 0.149 e. The number of rotatable bonds is 5. The molecule has 1 aromatic carbocycles. The van der Waals surface area contributed by atoms with Crippen molar-refractivity contribution in [3.05, 3.63) is 29.8 Å². The number of hydrazine groups is 1. The van der Waals surface area contributed by atoms with Crippen molar-refractivity contribution in [3.63, 3.8) is 0 Å². The minimum Gasteiger partial charge on any atom is -0.496 e. The van der Waals surface area contributed by atoms with Crippen molar-refractivity contribution in [1.82, 2.24) is 5.43 Å². The van der Waals surface area contributed by atoms with Crippen LogP contribution in [0, 0.1) is 0 Å². The molecule has 1 rings (SSSR count). The second kappa shape index (κ2) is 5.29. The first kappa shape index (κ1) is 13.0. The average molecular weight is 244 g/mol. The zero-order chi connectivity index (χ0) is 12.2. The third-order valence-corrected chi connectivity index (χ3v) is 3.12. The number of methoxy groups -OCH3 is 1. The molecule has 16 heavy (non-hydrogen) atoms. The molecule has 0 amide bonds. The summed E-state index contributed by atoms with van der Waals surface area (Å²) in [4.78, 5) is 0. The molecule has 1 aromatic rings. The molecule has 0 radical (unpaired) electrons. The van der Waals surface area contributed by atoms with E-state index < -0.39 is 15.9 Å². The maximum Gasteiger partial charge on any atom is 0.149 e. The van der Waals surface area contributed by atoms with E-state index in [1.165, 1.54) is 13.4 Å². The van der Waals surface area contributed by atoms with Gasteiger partial charge < -0.3 is 4.74 Å². The van der Waals surface area contributed by atoms with Crippen LogP contribution in [0.5, 0.6) is 5.75 Å². The molecule has 0 fully saturated rings. The van der Waals surface area contributed by atoms with Gasteiger partial charge in [-0.1, -0.05) is 18.2 Å². The highest BCUT2D eigenvalue weighted by molar-refractivity contribution is 7.90. The fraction of sp³-hybridized carbons (Fsp3) is 0.400. The van der Waals surface area contributed by atoms with Crippen LogP contribution in [-0.4, -0.2) is 27.5 Å². The minimum absolute atomic E-state index is 0.0656. The molecule has 1 unspecified atom stereocenters. The van der Waals surface area contributed by atoms with Gasteiger partial charge in [0.25, 0.3) is 0 Å². The highest BCUT2D eigenvalue weighted by atomic mass is 32.2. The van der Waals surface area contributed by atoms with Crippen LogP contribution in [0.1, 0.15) is 11.6 Å². The number of sulfone groups is 1. The molecule has 0 spiro atoms. The van der Waals surface area contributed by atoms with Crippen molar-refractivity contribution in [1.29, 1.82) is 0 Å². The summed E-state index contributed by atoms with van der Waals surface area (Å²) >= 11 is 0. The van der Waals surface area contributed by atoms with Gasteiger partial charge >= 0.3 is 0 Å². The quantitative estimate of drug-likeness (QED) is 0.573. The second-order valence-electron chi connectivity index (χ2n) is 3.55. The van der Waals surface area contributed by atoms with Crippen LogP contribution in [0.2, 0.25) is 0 Å². The largest absolute Gasteiger partial charge is 0.496 e. The molecule has 0 saturated heterocycles. The standard InChI is InChI=1S/C10H16N2O3S/c1-15-10-6-4-3-5-8(10)9(12-11)7-16(2,13)14/h3-6,9,12H,7,11H2,1-2H3. The summed E-state index contributed by atoms with van der Waals surface area (Å²) < 4.78 is 27.6. The first-order chi connectivity index (χ1) is 7.48. The first-order valence-electron chi connectivity index (χ1n) is 4.74. The Bertz CT molecular complexity index is 445. The Morgan fingerprint density at radius 1 is 1.44 bits per heavy atom.